The van der Waals surface area contributed by atoms with Gasteiger partial charge in [-0.2, -0.15) is 0 Å². The van der Waals surface area contributed by atoms with Crippen LogP contribution in [0.1, 0.15) is 16.1 Å². The van der Waals surface area contributed by atoms with Gasteiger partial charge in [0.15, 0.2) is 0 Å². The van der Waals surface area contributed by atoms with Crippen molar-refractivity contribution in [3.8, 4) is 0 Å². The number of nitrogens with one attached hydrogen (secondary N) is 2. The number of anilines is 1. The van der Waals surface area contributed by atoms with E-state index in [0.29, 0.717) is 22.3 Å². The van der Waals surface area contributed by atoms with Crippen molar-refractivity contribution >= 4 is 22.5 Å². The molecule has 1 aromatic heterocycles. The number of aromatic nitrogens is 1. The molecule has 1 heterocycles. The fraction of sp³-hybridized carbons (Fsp3) is 0.0625. The molecule has 3 nitrogen and oxygen atoms in total. The number of aryl methyl sites for hydroxylation is 1. The lowest BCUT2D eigenvalue weighted by molar-refractivity contribution is 0.102. The summed E-state index contributed by atoms with van der Waals surface area (Å²) in [6.45, 7) is 1.98. The maximum absolute atomic E-state index is 13.6. The molecule has 0 saturated carbocycles. The van der Waals surface area contributed by atoms with Crippen molar-refractivity contribution < 1.29 is 9.18 Å². The van der Waals surface area contributed by atoms with Crippen molar-refractivity contribution in [3.63, 3.8) is 0 Å². The topological polar surface area (TPSA) is 44.9 Å². The minimum atomic E-state index is -0.340. The molecule has 0 atom stereocenters. The van der Waals surface area contributed by atoms with E-state index in [0.717, 1.165) is 5.56 Å². The van der Waals surface area contributed by atoms with Gasteiger partial charge >= 0.3 is 0 Å². The van der Waals surface area contributed by atoms with Gasteiger partial charge < -0.3 is 10.3 Å². The number of amides is 1. The molecule has 0 aliphatic rings. The maximum atomic E-state index is 13.6. The zero-order valence-electron chi connectivity index (χ0n) is 10.9. The summed E-state index contributed by atoms with van der Waals surface area (Å²) in [4.78, 5) is 15.0. The number of halogens is 1. The third-order valence-electron chi connectivity index (χ3n) is 3.16. The number of hydrogen-bond donors (Lipinski definition) is 2. The number of carbonyl (C=O) groups is 1. The Balaban J connectivity index is 1.89. The van der Waals surface area contributed by atoms with E-state index in [2.05, 4.69) is 10.3 Å². The molecule has 2 N–H and O–H groups in total. The van der Waals surface area contributed by atoms with Crippen LogP contribution in [0.3, 0.4) is 0 Å². The number of H-pyrrole nitrogens is 1. The lowest BCUT2D eigenvalue weighted by Gasteiger charge is -2.03. The SMILES string of the molecule is Cc1ccc(NC(=O)c2cc3c(F)cccc3[nH]2)cc1. The zero-order chi connectivity index (χ0) is 14.1. The first kappa shape index (κ1) is 12.4. The largest absolute Gasteiger partial charge is 0.350 e. The van der Waals surface area contributed by atoms with Gasteiger partial charge in [0.25, 0.3) is 5.91 Å². The summed E-state index contributed by atoms with van der Waals surface area (Å²) < 4.78 is 13.6. The molecule has 0 fully saturated rings. The fourth-order valence-corrected chi connectivity index (χ4v) is 2.08. The standard InChI is InChI=1S/C16H13FN2O/c1-10-5-7-11(8-6-10)18-16(20)15-9-12-13(17)3-2-4-14(12)19-15/h2-9,19H,1H3,(H,18,20). The molecule has 0 saturated heterocycles. The molecule has 100 valence electrons. The van der Waals surface area contributed by atoms with Gasteiger partial charge in [-0.1, -0.05) is 23.8 Å². The fourth-order valence-electron chi connectivity index (χ4n) is 2.08. The third-order valence-corrected chi connectivity index (χ3v) is 3.16. The number of benzene rings is 2. The Morgan fingerprint density at radius 3 is 2.60 bits per heavy atom. The van der Waals surface area contributed by atoms with Gasteiger partial charge in [0, 0.05) is 16.6 Å². The van der Waals surface area contributed by atoms with Crippen LogP contribution in [0, 0.1) is 12.7 Å². The maximum Gasteiger partial charge on any atom is 0.272 e. The van der Waals surface area contributed by atoms with Crippen molar-refractivity contribution in [1.29, 1.82) is 0 Å². The van der Waals surface area contributed by atoms with Crippen molar-refractivity contribution in [2.45, 2.75) is 6.92 Å². The van der Waals surface area contributed by atoms with E-state index in [1.54, 1.807) is 12.1 Å². The summed E-state index contributed by atoms with van der Waals surface area (Å²) in [6, 6.07) is 13.7. The molecular weight excluding hydrogens is 255 g/mol. The lowest BCUT2D eigenvalue weighted by atomic mass is 10.2. The van der Waals surface area contributed by atoms with Gasteiger partial charge in [-0.25, -0.2) is 4.39 Å². The molecule has 3 aromatic rings. The second kappa shape index (κ2) is 4.81. The van der Waals surface area contributed by atoms with Crippen LogP contribution in [0.5, 0.6) is 0 Å². The van der Waals surface area contributed by atoms with Crippen molar-refractivity contribution in [2.75, 3.05) is 5.32 Å². The van der Waals surface area contributed by atoms with E-state index in [1.165, 1.54) is 12.1 Å². The minimum Gasteiger partial charge on any atom is -0.350 e. The van der Waals surface area contributed by atoms with E-state index in [1.807, 2.05) is 31.2 Å². The first-order valence-electron chi connectivity index (χ1n) is 6.29. The van der Waals surface area contributed by atoms with Crippen LogP contribution in [-0.4, -0.2) is 10.9 Å². The highest BCUT2D eigenvalue weighted by Gasteiger charge is 2.11. The highest BCUT2D eigenvalue weighted by Crippen LogP contribution is 2.19. The van der Waals surface area contributed by atoms with Gasteiger partial charge in [-0.15, -0.1) is 0 Å². The molecular formula is C16H13FN2O. The minimum absolute atomic E-state index is 0.288. The van der Waals surface area contributed by atoms with Gasteiger partial charge in [0.1, 0.15) is 11.5 Å². The Kier molecular flexibility index (Phi) is 2.99. The Morgan fingerprint density at radius 2 is 1.90 bits per heavy atom. The molecule has 0 aliphatic carbocycles. The lowest BCUT2D eigenvalue weighted by Crippen LogP contribution is -2.12. The average molecular weight is 268 g/mol. The number of fused-ring (bicyclic) bond motifs is 1. The van der Waals surface area contributed by atoms with E-state index in [4.69, 9.17) is 0 Å². The van der Waals surface area contributed by atoms with Crippen LogP contribution < -0.4 is 5.32 Å². The van der Waals surface area contributed by atoms with Gasteiger partial charge in [-0.05, 0) is 37.3 Å². The summed E-state index contributed by atoms with van der Waals surface area (Å²) in [5.74, 6) is -0.627. The summed E-state index contributed by atoms with van der Waals surface area (Å²) in [7, 11) is 0. The molecule has 2 aromatic carbocycles. The average Bonchev–Trinajstić information content (AvgIpc) is 2.87. The molecule has 0 radical (unpaired) electrons. The highest BCUT2D eigenvalue weighted by molar-refractivity contribution is 6.05. The molecule has 1 amide bonds. The summed E-state index contributed by atoms with van der Waals surface area (Å²) >= 11 is 0. The van der Waals surface area contributed by atoms with Crippen molar-refractivity contribution in [1.82, 2.24) is 4.98 Å². The monoisotopic (exact) mass is 268 g/mol. The van der Waals surface area contributed by atoms with Crippen LogP contribution in [0.2, 0.25) is 0 Å². The van der Waals surface area contributed by atoms with Crippen LogP contribution in [0.4, 0.5) is 10.1 Å². The highest BCUT2D eigenvalue weighted by atomic mass is 19.1. The Labute approximate surface area is 115 Å². The van der Waals surface area contributed by atoms with Crippen LogP contribution >= 0.6 is 0 Å². The molecule has 0 spiro atoms. The second-order valence-corrected chi connectivity index (χ2v) is 4.70. The smallest absolute Gasteiger partial charge is 0.272 e. The van der Waals surface area contributed by atoms with Gasteiger partial charge in [0.2, 0.25) is 0 Å². The number of rotatable bonds is 2. The number of carbonyl (C=O) groups excluding carboxylic acids is 1. The van der Waals surface area contributed by atoms with Crippen molar-refractivity contribution in [2.24, 2.45) is 0 Å². The summed E-state index contributed by atoms with van der Waals surface area (Å²) in [5, 5.41) is 3.19. The van der Waals surface area contributed by atoms with Crippen LogP contribution in [0.25, 0.3) is 10.9 Å². The first-order valence-corrected chi connectivity index (χ1v) is 6.29. The quantitative estimate of drug-likeness (QED) is 0.728. The molecule has 3 rings (SSSR count). The normalized spacial score (nSPS) is 10.7. The molecule has 0 unspecified atom stereocenters. The number of aromatic amines is 1. The van der Waals surface area contributed by atoms with Crippen LogP contribution in [-0.2, 0) is 0 Å². The van der Waals surface area contributed by atoms with E-state index < -0.39 is 0 Å². The van der Waals surface area contributed by atoms with Crippen molar-refractivity contribution in [3.05, 3.63) is 65.6 Å². The van der Waals surface area contributed by atoms with E-state index in [9.17, 15) is 9.18 Å². The van der Waals surface area contributed by atoms with E-state index >= 15 is 0 Å². The summed E-state index contributed by atoms with van der Waals surface area (Å²) in [5.41, 5.74) is 2.78. The van der Waals surface area contributed by atoms with Gasteiger partial charge in [0.05, 0.1) is 0 Å². The molecule has 20 heavy (non-hydrogen) atoms. The predicted molar refractivity (Wildman–Crippen MR) is 77.4 cm³/mol. The Morgan fingerprint density at radius 1 is 1.15 bits per heavy atom. The van der Waals surface area contributed by atoms with Gasteiger partial charge in [-0.3, -0.25) is 4.79 Å². The predicted octanol–water partition coefficient (Wildman–Crippen LogP) is 3.87. The number of hydrogen-bond acceptors (Lipinski definition) is 1. The summed E-state index contributed by atoms with van der Waals surface area (Å²) in [6.07, 6.45) is 0. The first-order chi connectivity index (χ1) is 9.63. The second-order valence-electron chi connectivity index (χ2n) is 4.70. The Bertz CT molecular complexity index is 775. The third kappa shape index (κ3) is 2.28. The van der Waals surface area contributed by atoms with E-state index in [-0.39, 0.29) is 11.7 Å². The Hall–Kier alpha value is -2.62. The molecule has 4 heteroatoms. The molecule has 0 aliphatic heterocycles. The van der Waals surface area contributed by atoms with Crippen LogP contribution in [0.15, 0.2) is 48.5 Å². The molecule has 0 bridgehead atoms. The zero-order valence-corrected chi connectivity index (χ0v) is 10.9.